The average Bonchev–Trinajstić information content (AvgIpc) is 3.30. The van der Waals surface area contributed by atoms with Crippen LogP contribution in [0, 0.1) is 17.0 Å². The van der Waals surface area contributed by atoms with Gasteiger partial charge < -0.3 is 15.4 Å². The molecule has 0 aliphatic heterocycles. The number of methoxy groups -OCH3 is 1. The van der Waals surface area contributed by atoms with Crippen molar-refractivity contribution >= 4 is 29.2 Å². The minimum atomic E-state index is -0.449. The zero-order valence-electron chi connectivity index (χ0n) is 19.7. The number of carbonyl (C=O) groups excluding carboxylic acids is 1. The summed E-state index contributed by atoms with van der Waals surface area (Å²) >= 11 is 1.49. The van der Waals surface area contributed by atoms with Crippen LogP contribution in [0.1, 0.15) is 17.0 Å². The van der Waals surface area contributed by atoms with Crippen LogP contribution in [0.3, 0.4) is 0 Å². The normalized spacial score (nSPS) is 10.6. The van der Waals surface area contributed by atoms with Gasteiger partial charge in [-0.05, 0) is 42.3 Å². The molecule has 10 nitrogen and oxygen atoms in total. The number of urea groups is 1. The molecule has 0 bridgehead atoms. The van der Waals surface area contributed by atoms with E-state index in [-0.39, 0.29) is 12.2 Å². The van der Waals surface area contributed by atoms with E-state index >= 15 is 0 Å². The molecule has 4 aromatic rings. The quantitative estimate of drug-likeness (QED) is 0.184. The lowest BCUT2D eigenvalue weighted by Crippen LogP contribution is -2.29. The molecule has 36 heavy (non-hydrogen) atoms. The van der Waals surface area contributed by atoms with Gasteiger partial charge in [0, 0.05) is 35.3 Å². The Morgan fingerprint density at radius 2 is 1.86 bits per heavy atom. The number of anilines is 1. The van der Waals surface area contributed by atoms with E-state index in [1.165, 1.54) is 29.5 Å². The highest BCUT2D eigenvalue weighted by Gasteiger charge is 2.17. The number of ether oxygens (including phenoxy) is 1. The number of aromatic nitrogens is 3. The Bertz CT molecular complexity index is 1370. The molecule has 1 heterocycles. The second-order valence-corrected chi connectivity index (χ2v) is 8.71. The van der Waals surface area contributed by atoms with Crippen molar-refractivity contribution in [1.82, 2.24) is 20.1 Å². The van der Waals surface area contributed by atoms with Gasteiger partial charge in [-0.3, -0.25) is 14.7 Å². The molecule has 2 N–H and O–H groups in total. The molecule has 3 aromatic carbocycles. The Kier molecular flexibility index (Phi) is 7.81. The first kappa shape index (κ1) is 24.7. The number of amides is 2. The van der Waals surface area contributed by atoms with Crippen molar-refractivity contribution in [2.75, 3.05) is 12.4 Å². The Morgan fingerprint density at radius 3 is 2.58 bits per heavy atom. The number of hydrogen-bond acceptors (Lipinski definition) is 7. The molecule has 0 aliphatic rings. The van der Waals surface area contributed by atoms with E-state index in [4.69, 9.17) is 4.74 Å². The van der Waals surface area contributed by atoms with Crippen LogP contribution in [0.25, 0.3) is 5.69 Å². The summed E-state index contributed by atoms with van der Waals surface area (Å²) in [5, 5.41) is 25.9. The molecule has 0 saturated heterocycles. The van der Waals surface area contributed by atoms with E-state index in [0.29, 0.717) is 33.9 Å². The lowest BCUT2D eigenvalue weighted by atomic mass is 10.1. The predicted molar refractivity (Wildman–Crippen MR) is 138 cm³/mol. The van der Waals surface area contributed by atoms with Crippen LogP contribution < -0.4 is 15.4 Å². The van der Waals surface area contributed by atoms with Gasteiger partial charge in [0.15, 0.2) is 11.0 Å². The second-order valence-electron chi connectivity index (χ2n) is 7.76. The van der Waals surface area contributed by atoms with Gasteiger partial charge in [0.05, 0.1) is 18.6 Å². The van der Waals surface area contributed by atoms with Gasteiger partial charge in [-0.15, -0.1) is 10.2 Å². The molecule has 0 fully saturated rings. The van der Waals surface area contributed by atoms with Crippen LogP contribution in [0.5, 0.6) is 5.75 Å². The van der Waals surface area contributed by atoms with Gasteiger partial charge in [0.2, 0.25) is 0 Å². The largest absolute Gasteiger partial charge is 0.497 e. The topological polar surface area (TPSA) is 124 Å². The summed E-state index contributed by atoms with van der Waals surface area (Å²) in [5.74, 6) is 1.78. The van der Waals surface area contributed by atoms with Crippen molar-refractivity contribution < 1.29 is 14.5 Å². The molecule has 4 rings (SSSR count). The van der Waals surface area contributed by atoms with Gasteiger partial charge in [-0.1, -0.05) is 42.1 Å². The van der Waals surface area contributed by atoms with Crippen molar-refractivity contribution in [3.63, 3.8) is 0 Å². The van der Waals surface area contributed by atoms with Gasteiger partial charge in [-0.2, -0.15) is 0 Å². The molecule has 0 unspecified atom stereocenters. The zero-order chi connectivity index (χ0) is 25.5. The average molecular weight is 505 g/mol. The van der Waals surface area contributed by atoms with Gasteiger partial charge in [0.1, 0.15) is 5.75 Å². The van der Waals surface area contributed by atoms with Crippen molar-refractivity contribution in [3.8, 4) is 11.4 Å². The second kappa shape index (κ2) is 11.4. The third kappa shape index (κ3) is 5.99. The first-order chi connectivity index (χ1) is 17.4. The summed E-state index contributed by atoms with van der Waals surface area (Å²) in [6, 6.07) is 20.8. The summed E-state index contributed by atoms with van der Waals surface area (Å²) in [4.78, 5) is 23.2. The summed E-state index contributed by atoms with van der Waals surface area (Å²) in [7, 11) is 1.55. The van der Waals surface area contributed by atoms with Crippen LogP contribution >= 0.6 is 11.8 Å². The molecular formula is C25H24N6O4S. The van der Waals surface area contributed by atoms with Gasteiger partial charge in [0.25, 0.3) is 5.69 Å². The lowest BCUT2D eigenvalue weighted by Gasteiger charge is -2.12. The number of nitrogens with one attached hydrogen (secondary N) is 2. The highest BCUT2D eigenvalue weighted by Crippen LogP contribution is 2.27. The first-order valence-corrected chi connectivity index (χ1v) is 12.0. The van der Waals surface area contributed by atoms with E-state index in [9.17, 15) is 14.9 Å². The molecular weight excluding hydrogens is 480 g/mol. The van der Waals surface area contributed by atoms with Gasteiger partial charge >= 0.3 is 6.03 Å². The zero-order valence-corrected chi connectivity index (χ0v) is 20.5. The third-order valence-electron chi connectivity index (χ3n) is 5.37. The molecule has 2 amide bonds. The number of hydrogen-bond donors (Lipinski definition) is 2. The number of rotatable bonds is 9. The van der Waals surface area contributed by atoms with E-state index in [1.54, 1.807) is 48.1 Å². The summed E-state index contributed by atoms with van der Waals surface area (Å²) in [5.41, 5.74) is 3.56. The molecule has 0 radical (unpaired) electrons. The fourth-order valence-electron chi connectivity index (χ4n) is 3.44. The van der Waals surface area contributed by atoms with Crippen molar-refractivity contribution in [2.45, 2.75) is 24.4 Å². The molecule has 0 spiro atoms. The maximum absolute atomic E-state index is 12.5. The highest BCUT2D eigenvalue weighted by atomic mass is 32.2. The minimum Gasteiger partial charge on any atom is -0.497 e. The van der Waals surface area contributed by atoms with Crippen molar-refractivity contribution in [2.24, 2.45) is 0 Å². The number of benzene rings is 3. The van der Waals surface area contributed by atoms with Crippen LogP contribution in [-0.2, 0) is 12.3 Å². The number of non-ortho nitro benzene ring substituents is 1. The number of nitro groups is 1. The van der Waals surface area contributed by atoms with Crippen LogP contribution in [0.2, 0.25) is 0 Å². The predicted octanol–water partition coefficient (Wildman–Crippen LogP) is 5.11. The third-order valence-corrected chi connectivity index (χ3v) is 6.35. The number of thioether (sulfide) groups is 1. The smallest absolute Gasteiger partial charge is 0.319 e. The molecule has 184 valence electrons. The lowest BCUT2D eigenvalue weighted by molar-refractivity contribution is -0.384. The van der Waals surface area contributed by atoms with E-state index in [0.717, 1.165) is 5.56 Å². The van der Waals surface area contributed by atoms with Crippen molar-refractivity contribution in [3.05, 3.63) is 99.9 Å². The number of aryl methyl sites for hydroxylation is 1. The van der Waals surface area contributed by atoms with Gasteiger partial charge in [-0.25, -0.2) is 4.79 Å². The SMILES string of the molecule is COc1cccc(NC(=O)NCc2nnc(SCc3ccccc3C)n2-c2ccc([N+](=O)[O-])cc2)c1. The van der Waals surface area contributed by atoms with Crippen molar-refractivity contribution in [1.29, 1.82) is 0 Å². The highest BCUT2D eigenvalue weighted by molar-refractivity contribution is 7.98. The Labute approximate surface area is 211 Å². The summed E-state index contributed by atoms with van der Waals surface area (Å²) < 4.78 is 6.97. The Morgan fingerprint density at radius 1 is 1.08 bits per heavy atom. The number of nitrogens with zero attached hydrogens (tertiary/aromatic N) is 4. The molecule has 0 saturated carbocycles. The maximum atomic E-state index is 12.5. The van der Waals surface area contributed by atoms with Crippen LogP contribution in [-0.4, -0.2) is 32.8 Å². The number of nitro benzene ring substituents is 1. The fourth-order valence-corrected chi connectivity index (χ4v) is 4.49. The monoisotopic (exact) mass is 504 g/mol. The standard InChI is InChI=1S/C25H24N6O4S/c1-17-6-3-4-7-18(17)16-36-25-29-28-23(30(25)20-10-12-21(13-11-20)31(33)34)15-26-24(32)27-19-8-5-9-22(14-19)35-2/h3-14H,15-16H2,1-2H3,(H2,26,27,32). The summed E-state index contributed by atoms with van der Waals surface area (Å²) in [6.07, 6.45) is 0. The molecule has 1 aromatic heterocycles. The van der Waals surface area contributed by atoms with Crippen LogP contribution in [0.4, 0.5) is 16.2 Å². The Balaban J connectivity index is 1.54. The molecule has 0 aliphatic carbocycles. The molecule has 0 atom stereocenters. The summed E-state index contributed by atoms with van der Waals surface area (Å²) in [6.45, 7) is 2.14. The van der Waals surface area contributed by atoms with E-state index in [1.807, 2.05) is 25.1 Å². The fraction of sp³-hybridized carbons (Fsp3) is 0.160. The van der Waals surface area contributed by atoms with Crippen LogP contribution in [0.15, 0.2) is 78.0 Å². The maximum Gasteiger partial charge on any atom is 0.319 e. The minimum absolute atomic E-state index is 0.0155. The van der Waals surface area contributed by atoms with E-state index < -0.39 is 11.0 Å². The molecule has 11 heteroatoms. The first-order valence-electron chi connectivity index (χ1n) is 11.0. The van der Waals surface area contributed by atoms with E-state index in [2.05, 4.69) is 26.9 Å². The number of carbonyl (C=O) groups is 1. The Hall–Kier alpha value is -4.38.